The molecule has 158 valence electrons. The van der Waals surface area contributed by atoms with E-state index in [0.717, 1.165) is 45.3 Å². The van der Waals surface area contributed by atoms with E-state index in [2.05, 4.69) is 77.2 Å². The Kier molecular flexibility index (Phi) is 6.88. The number of aromatic nitrogens is 1. The van der Waals surface area contributed by atoms with Crippen molar-refractivity contribution >= 4 is 16.8 Å². The normalized spacial score (nSPS) is 15.0. The van der Waals surface area contributed by atoms with Crippen LogP contribution < -0.4 is 0 Å². The van der Waals surface area contributed by atoms with Crippen LogP contribution in [-0.4, -0.2) is 28.5 Å². The number of likely N-dealkylation sites (tertiary alicyclic amines) is 1. The molecule has 0 bridgehead atoms. The van der Waals surface area contributed by atoms with Crippen LogP contribution in [0.25, 0.3) is 10.9 Å². The van der Waals surface area contributed by atoms with Crippen molar-refractivity contribution in [1.82, 2.24) is 9.47 Å². The largest absolute Gasteiger partial charge is 0.347 e. The van der Waals surface area contributed by atoms with Crippen LogP contribution >= 0.6 is 0 Å². The molecular formula is C27H34N2O. The number of carbonyl (C=O) groups is 1. The van der Waals surface area contributed by atoms with E-state index in [1.165, 1.54) is 34.9 Å². The summed E-state index contributed by atoms with van der Waals surface area (Å²) < 4.78 is 2.39. The first-order valence-electron chi connectivity index (χ1n) is 11.7. The molecule has 0 N–H and O–H groups in total. The van der Waals surface area contributed by atoms with E-state index in [1.807, 2.05) is 0 Å². The average Bonchev–Trinajstić information content (AvgIpc) is 3.16. The number of rotatable bonds is 8. The molecular weight excluding hydrogens is 368 g/mol. The highest BCUT2D eigenvalue weighted by atomic mass is 16.2. The Morgan fingerprint density at radius 2 is 1.70 bits per heavy atom. The van der Waals surface area contributed by atoms with E-state index < -0.39 is 0 Å². The van der Waals surface area contributed by atoms with Crippen LogP contribution in [0.4, 0.5) is 0 Å². The maximum atomic E-state index is 12.8. The van der Waals surface area contributed by atoms with Crippen molar-refractivity contribution in [3.63, 3.8) is 0 Å². The van der Waals surface area contributed by atoms with Gasteiger partial charge in [0.15, 0.2) is 0 Å². The molecule has 4 rings (SSSR count). The Morgan fingerprint density at radius 1 is 0.967 bits per heavy atom. The van der Waals surface area contributed by atoms with Crippen LogP contribution in [0.3, 0.4) is 0 Å². The molecule has 3 heteroatoms. The molecule has 1 amide bonds. The molecule has 1 aromatic heterocycles. The number of amides is 1. The van der Waals surface area contributed by atoms with Gasteiger partial charge in [-0.25, -0.2) is 0 Å². The summed E-state index contributed by atoms with van der Waals surface area (Å²) in [5, 5.41) is 1.35. The molecule has 0 spiro atoms. The molecule has 0 radical (unpaired) electrons. The number of hydrogen-bond donors (Lipinski definition) is 0. The van der Waals surface area contributed by atoms with Gasteiger partial charge in [0, 0.05) is 43.2 Å². The molecule has 2 aromatic carbocycles. The minimum Gasteiger partial charge on any atom is -0.347 e. The predicted octanol–water partition coefficient (Wildman–Crippen LogP) is 6.17. The zero-order valence-electron chi connectivity index (χ0n) is 18.2. The highest BCUT2D eigenvalue weighted by Crippen LogP contribution is 2.28. The fraction of sp³-hybridized carbons (Fsp3) is 0.444. The first-order chi connectivity index (χ1) is 14.8. The van der Waals surface area contributed by atoms with Gasteiger partial charge in [-0.1, -0.05) is 61.9 Å². The van der Waals surface area contributed by atoms with Crippen LogP contribution in [0, 0.1) is 0 Å². The summed E-state index contributed by atoms with van der Waals surface area (Å²) in [6, 6.07) is 19.4. The molecule has 0 atom stereocenters. The van der Waals surface area contributed by atoms with Gasteiger partial charge in [-0.3, -0.25) is 4.79 Å². The number of piperidine rings is 1. The lowest BCUT2D eigenvalue weighted by Gasteiger charge is -2.32. The van der Waals surface area contributed by atoms with Crippen LogP contribution in [0.2, 0.25) is 0 Å². The van der Waals surface area contributed by atoms with Gasteiger partial charge in [0.2, 0.25) is 5.91 Å². The highest BCUT2D eigenvalue weighted by Gasteiger charge is 2.23. The number of para-hydroxylation sites is 1. The molecule has 1 aliphatic rings. The predicted molar refractivity (Wildman–Crippen MR) is 125 cm³/mol. The van der Waals surface area contributed by atoms with Gasteiger partial charge in [-0.2, -0.15) is 0 Å². The van der Waals surface area contributed by atoms with Crippen molar-refractivity contribution < 1.29 is 4.79 Å². The number of fused-ring (bicyclic) bond motifs is 1. The van der Waals surface area contributed by atoms with Crippen LogP contribution in [0.1, 0.15) is 62.5 Å². The first-order valence-corrected chi connectivity index (χ1v) is 11.7. The van der Waals surface area contributed by atoms with Gasteiger partial charge in [0.05, 0.1) is 0 Å². The number of hydrogen-bond acceptors (Lipinski definition) is 1. The van der Waals surface area contributed by atoms with Crippen molar-refractivity contribution in [3.05, 3.63) is 71.9 Å². The lowest BCUT2D eigenvalue weighted by Crippen LogP contribution is -2.37. The SMILES string of the molecule is CCCCn1cc(CCCC(=O)N2CCC(c3ccccc3)CC2)c2ccccc21. The maximum absolute atomic E-state index is 12.8. The average molecular weight is 403 g/mol. The monoisotopic (exact) mass is 402 g/mol. The Hall–Kier alpha value is -2.55. The second-order valence-corrected chi connectivity index (χ2v) is 8.64. The second kappa shape index (κ2) is 9.97. The topological polar surface area (TPSA) is 25.2 Å². The first kappa shape index (κ1) is 20.7. The van der Waals surface area contributed by atoms with Gasteiger partial charge >= 0.3 is 0 Å². The van der Waals surface area contributed by atoms with E-state index in [4.69, 9.17) is 0 Å². The second-order valence-electron chi connectivity index (χ2n) is 8.64. The number of unbranched alkanes of at least 4 members (excludes halogenated alkanes) is 1. The van der Waals surface area contributed by atoms with Crippen molar-refractivity contribution in [2.75, 3.05) is 13.1 Å². The van der Waals surface area contributed by atoms with Crippen molar-refractivity contribution in [2.24, 2.45) is 0 Å². The minimum atomic E-state index is 0.330. The van der Waals surface area contributed by atoms with Gasteiger partial charge in [0.1, 0.15) is 0 Å². The summed E-state index contributed by atoms with van der Waals surface area (Å²) in [5.41, 5.74) is 4.14. The quantitative estimate of drug-likeness (QED) is 0.442. The van der Waals surface area contributed by atoms with Gasteiger partial charge < -0.3 is 9.47 Å². The van der Waals surface area contributed by atoms with E-state index >= 15 is 0 Å². The third-order valence-corrected chi connectivity index (χ3v) is 6.58. The lowest BCUT2D eigenvalue weighted by molar-refractivity contribution is -0.132. The summed E-state index contributed by atoms with van der Waals surface area (Å²) in [5.74, 6) is 0.931. The Morgan fingerprint density at radius 3 is 2.47 bits per heavy atom. The van der Waals surface area contributed by atoms with Gasteiger partial charge in [0.25, 0.3) is 0 Å². The van der Waals surface area contributed by atoms with Crippen LogP contribution in [0.5, 0.6) is 0 Å². The smallest absolute Gasteiger partial charge is 0.222 e. The zero-order valence-corrected chi connectivity index (χ0v) is 18.2. The highest BCUT2D eigenvalue weighted by molar-refractivity contribution is 5.84. The molecule has 0 unspecified atom stereocenters. The zero-order chi connectivity index (χ0) is 20.8. The molecule has 1 saturated heterocycles. The van der Waals surface area contributed by atoms with Crippen molar-refractivity contribution in [3.8, 4) is 0 Å². The van der Waals surface area contributed by atoms with Crippen molar-refractivity contribution in [2.45, 2.75) is 64.3 Å². The summed E-state index contributed by atoms with van der Waals surface area (Å²) >= 11 is 0. The number of carbonyl (C=O) groups excluding carboxylic acids is 1. The van der Waals surface area contributed by atoms with E-state index in [0.29, 0.717) is 18.2 Å². The fourth-order valence-electron chi connectivity index (χ4n) is 4.81. The van der Waals surface area contributed by atoms with E-state index in [9.17, 15) is 4.79 Å². The molecule has 30 heavy (non-hydrogen) atoms. The molecule has 1 aliphatic heterocycles. The van der Waals surface area contributed by atoms with Crippen LogP contribution in [-0.2, 0) is 17.8 Å². The number of aryl methyl sites for hydroxylation is 2. The summed E-state index contributed by atoms with van der Waals surface area (Å²) in [6.45, 7) is 5.11. The van der Waals surface area contributed by atoms with Gasteiger partial charge in [-0.15, -0.1) is 0 Å². The van der Waals surface area contributed by atoms with Crippen molar-refractivity contribution in [1.29, 1.82) is 0 Å². The van der Waals surface area contributed by atoms with Crippen LogP contribution in [0.15, 0.2) is 60.8 Å². The molecule has 3 nitrogen and oxygen atoms in total. The van der Waals surface area contributed by atoms with E-state index in [-0.39, 0.29) is 0 Å². The molecule has 0 saturated carbocycles. The summed E-state index contributed by atoms with van der Waals surface area (Å²) in [7, 11) is 0. The Bertz CT molecular complexity index is 951. The van der Waals surface area contributed by atoms with Gasteiger partial charge in [-0.05, 0) is 55.2 Å². The lowest BCUT2D eigenvalue weighted by atomic mass is 9.89. The third kappa shape index (κ3) is 4.77. The summed E-state index contributed by atoms with van der Waals surface area (Å²) in [4.78, 5) is 14.8. The van der Waals surface area contributed by atoms with E-state index in [1.54, 1.807) is 0 Å². The Labute approximate surface area is 180 Å². The Balaban J connectivity index is 1.29. The minimum absolute atomic E-state index is 0.330. The fourth-order valence-corrected chi connectivity index (χ4v) is 4.81. The standard InChI is InChI=1S/C27H34N2O/c1-2-3-18-29-21-24(25-13-7-8-14-26(25)29)12-9-15-27(30)28-19-16-23(17-20-28)22-10-5-4-6-11-22/h4-8,10-11,13-14,21,23H,2-3,9,12,15-20H2,1H3. The maximum Gasteiger partial charge on any atom is 0.222 e. The molecule has 0 aliphatic carbocycles. The molecule has 2 heterocycles. The third-order valence-electron chi connectivity index (χ3n) is 6.58. The number of benzene rings is 2. The number of nitrogens with zero attached hydrogens (tertiary/aromatic N) is 2. The molecule has 1 fully saturated rings. The summed E-state index contributed by atoms with van der Waals surface area (Å²) in [6.07, 6.45) is 9.46. The molecule has 3 aromatic rings.